The van der Waals surface area contributed by atoms with Gasteiger partial charge in [0.25, 0.3) is 0 Å². The highest BCUT2D eigenvalue weighted by Gasteiger charge is 2.29. The van der Waals surface area contributed by atoms with Crippen LogP contribution in [-0.2, 0) is 0 Å². The Hall–Kier alpha value is -2.06. The van der Waals surface area contributed by atoms with E-state index in [-0.39, 0.29) is 11.9 Å². The molecule has 1 aromatic carbocycles. The van der Waals surface area contributed by atoms with Gasteiger partial charge in [0.05, 0.1) is 11.6 Å². The van der Waals surface area contributed by atoms with Crippen molar-refractivity contribution in [1.29, 1.82) is 5.26 Å². The van der Waals surface area contributed by atoms with Gasteiger partial charge >= 0.3 is 6.03 Å². The maximum absolute atomic E-state index is 12.1. The van der Waals surface area contributed by atoms with E-state index in [1.165, 1.54) is 0 Å². The van der Waals surface area contributed by atoms with E-state index in [0.29, 0.717) is 25.2 Å². The van der Waals surface area contributed by atoms with Crippen molar-refractivity contribution in [2.75, 3.05) is 31.6 Å². The number of hydrogen-bond acceptors (Lipinski definition) is 3. The van der Waals surface area contributed by atoms with Crippen molar-refractivity contribution in [3.05, 3.63) is 29.8 Å². The van der Waals surface area contributed by atoms with Crippen molar-refractivity contribution in [2.24, 2.45) is 11.7 Å². The molecule has 1 aromatic rings. The summed E-state index contributed by atoms with van der Waals surface area (Å²) in [6, 6.07) is 9.11. The minimum atomic E-state index is -0.0465. The number of rotatable bonds is 2. The summed E-state index contributed by atoms with van der Waals surface area (Å²) in [6.45, 7) is 1.84. The predicted octanol–water partition coefficient (Wildman–Crippen LogP) is 1.00. The molecule has 1 atom stereocenters. The van der Waals surface area contributed by atoms with Gasteiger partial charge in [0.15, 0.2) is 0 Å². The van der Waals surface area contributed by atoms with Gasteiger partial charge in [-0.25, -0.2) is 4.79 Å². The smallest absolute Gasteiger partial charge is 0.324 e. The van der Waals surface area contributed by atoms with Crippen molar-refractivity contribution >= 4 is 11.7 Å². The molecule has 0 radical (unpaired) electrons. The van der Waals surface area contributed by atoms with Crippen LogP contribution in [0.2, 0.25) is 0 Å². The largest absolute Gasteiger partial charge is 0.330 e. The molecule has 2 N–H and O–H groups in total. The van der Waals surface area contributed by atoms with Gasteiger partial charge in [0.2, 0.25) is 0 Å². The van der Waals surface area contributed by atoms with E-state index < -0.39 is 0 Å². The first-order valence-corrected chi connectivity index (χ1v) is 5.88. The van der Waals surface area contributed by atoms with Crippen LogP contribution in [-0.4, -0.2) is 37.6 Å². The third-order valence-corrected chi connectivity index (χ3v) is 3.15. The number of hydrogen-bond donors (Lipinski definition) is 1. The molecule has 1 heterocycles. The summed E-state index contributed by atoms with van der Waals surface area (Å²) < 4.78 is 0. The maximum Gasteiger partial charge on any atom is 0.324 e. The number of carbonyl (C=O) groups is 1. The molecule has 5 nitrogen and oxygen atoms in total. The Morgan fingerprint density at radius 1 is 1.50 bits per heavy atom. The van der Waals surface area contributed by atoms with Gasteiger partial charge in [-0.2, -0.15) is 5.26 Å². The number of carbonyl (C=O) groups excluding carboxylic acids is 1. The van der Waals surface area contributed by atoms with Crippen molar-refractivity contribution in [2.45, 2.75) is 0 Å². The van der Waals surface area contributed by atoms with E-state index >= 15 is 0 Å². The van der Waals surface area contributed by atoms with E-state index in [9.17, 15) is 4.79 Å². The molecule has 2 rings (SSSR count). The zero-order valence-electron chi connectivity index (χ0n) is 10.3. The van der Waals surface area contributed by atoms with Gasteiger partial charge in [0.1, 0.15) is 0 Å². The summed E-state index contributed by atoms with van der Waals surface area (Å²) in [7, 11) is 1.77. The minimum absolute atomic E-state index is 0.0465. The SMILES string of the molecule is CN1CC(CN)CN(c2cccc(C#N)c2)C1=O. The Bertz CT molecular complexity index is 494. The number of amides is 2. The van der Waals surface area contributed by atoms with E-state index in [1.54, 1.807) is 35.0 Å². The molecule has 2 amide bonds. The van der Waals surface area contributed by atoms with Crippen LogP contribution in [0, 0.1) is 17.2 Å². The van der Waals surface area contributed by atoms with Gasteiger partial charge in [-0.3, -0.25) is 4.90 Å². The molecule has 0 saturated carbocycles. The number of urea groups is 1. The second kappa shape index (κ2) is 5.07. The molecule has 1 aliphatic rings. The van der Waals surface area contributed by atoms with Gasteiger partial charge in [0, 0.05) is 31.7 Å². The highest BCUT2D eigenvalue weighted by molar-refractivity contribution is 5.92. The zero-order chi connectivity index (χ0) is 13.1. The van der Waals surface area contributed by atoms with Crippen molar-refractivity contribution in [1.82, 2.24) is 4.90 Å². The molecule has 18 heavy (non-hydrogen) atoms. The molecule has 0 aromatic heterocycles. The Morgan fingerprint density at radius 2 is 2.28 bits per heavy atom. The van der Waals surface area contributed by atoms with Crippen molar-refractivity contribution < 1.29 is 4.79 Å². The van der Waals surface area contributed by atoms with Crippen LogP contribution >= 0.6 is 0 Å². The number of nitrogens with two attached hydrogens (primary N) is 1. The summed E-state index contributed by atoms with van der Waals surface area (Å²) >= 11 is 0. The molecule has 1 fully saturated rings. The fourth-order valence-corrected chi connectivity index (χ4v) is 2.17. The fourth-order valence-electron chi connectivity index (χ4n) is 2.17. The molecular weight excluding hydrogens is 228 g/mol. The first-order chi connectivity index (χ1) is 8.65. The third-order valence-electron chi connectivity index (χ3n) is 3.15. The molecule has 0 bridgehead atoms. The minimum Gasteiger partial charge on any atom is -0.330 e. The lowest BCUT2D eigenvalue weighted by atomic mass is 10.1. The molecule has 1 saturated heterocycles. The Kier molecular flexibility index (Phi) is 3.49. The fraction of sp³-hybridized carbons (Fsp3) is 0.385. The van der Waals surface area contributed by atoms with Gasteiger partial charge in [-0.05, 0) is 24.7 Å². The predicted molar refractivity (Wildman–Crippen MR) is 69.1 cm³/mol. The molecular formula is C13H16N4O. The van der Waals surface area contributed by atoms with Gasteiger partial charge < -0.3 is 10.6 Å². The highest BCUT2D eigenvalue weighted by Crippen LogP contribution is 2.22. The average molecular weight is 244 g/mol. The monoisotopic (exact) mass is 244 g/mol. The summed E-state index contributed by atoms with van der Waals surface area (Å²) in [6.07, 6.45) is 0. The second-order valence-electron chi connectivity index (χ2n) is 4.54. The lowest BCUT2D eigenvalue weighted by Crippen LogP contribution is -2.53. The van der Waals surface area contributed by atoms with E-state index in [0.717, 1.165) is 5.69 Å². The Morgan fingerprint density at radius 3 is 2.94 bits per heavy atom. The number of nitriles is 1. The van der Waals surface area contributed by atoms with Crippen LogP contribution in [0.15, 0.2) is 24.3 Å². The first-order valence-electron chi connectivity index (χ1n) is 5.88. The summed E-state index contributed by atoms with van der Waals surface area (Å²) in [5.41, 5.74) is 7.00. The average Bonchev–Trinajstić information content (AvgIpc) is 2.41. The lowest BCUT2D eigenvalue weighted by Gasteiger charge is -2.38. The Labute approximate surface area is 106 Å². The third kappa shape index (κ3) is 2.29. The Balaban J connectivity index is 2.29. The second-order valence-corrected chi connectivity index (χ2v) is 4.54. The quantitative estimate of drug-likeness (QED) is 0.843. The molecule has 0 aliphatic carbocycles. The molecule has 1 aliphatic heterocycles. The lowest BCUT2D eigenvalue weighted by molar-refractivity contribution is 0.194. The maximum atomic E-state index is 12.1. The zero-order valence-corrected chi connectivity index (χ0v) is 10.3. The van der Waals surface area contributed by atoms with Crippen LogP contribution in [0.1, 0.15) is 5.56 Å². The first kappa shape index (κ1) is 12.4. The number of anilines is 1. The van der Waals surface area contributed by atoms with Crippen molar-refractivity contribution in [3.63, 3.8) is 0 Å². The topological polar surface area (TPSA) is 73.4 Å². The van der Waals surface area contributed by atoms with Crippen LogP contribution in [0.4, 0.5) is 10.5 Å². The normalized spacial score (nSPS) is 19.8. The summed E-state index contributed by atoms with van der Waals surface area (Å²) in [4.78, 5) is 15.5. The standard InChI is InChI=1S/C13H16N4O/c1-16-8-11(7-15)9-17(13(16)18)12-4-2-3-10(5-12)6-14/h2-5,11H,7-9,15H2,1H3. The van der Waals surface area contributed by atoms with Crippen LogP contribution < -0.4 is 10.6 Å². The number of nitrogens with zero attached hydrogens (tertiary/aromatic N) is 3. The highest BCUT2D eigenvalue weighted by atomic mass is 16.2. The summed E-state index contributed by atoms with van der Waals surface area (Å²) in [5, 5.41) is 8.89. The van der Waals surface area contributed by atoms with Crippen LogP contribution in [0.5, 0.6) is 0 Å². The molecule has 0 spiro atoms. The molecule has 5 heteroatoms. The number of benzene rings is 1. The van der Waals surface area contributed by atoms with E-state index in [1.807, 2.05) is 6.07 Å². The van der Waals surface area contributed by atoms with E-state index in [4.69, 9.17) is 11.0 Å². The van der Waals surface area contributed by atoms with E-state index in [2.05, 4.69) is 6.07 Å². The van der Waals surface area contributed by atoms with Crippen molar-refractivity contribution in [3.8, 4) is 6.07 Å². The van der Waals surface area contributed by atoms with Crippen LogP contribution in [0.3, 0.4) is 0 Å². The van der Waals surface area contributed by atoms with Gasteiger partial charge in [-0.1, -0.05) is 6.07 Å². The molecule has 94 valence electrons. The van der Waals surface area contributed by atoms with Crippen LogP contribution in [0.25, 0.3) is 0 Å². The molecule has 1 unspecified atom stereocenters. The van der Waals surface area contributed by atoms with Gasteiger partial charge in [-0.15, -0.1) is 0 Å². The summed E-state index contributed by atoms with van der Waals surface area (Å²) in [5.74, 6) is 0.262.